The van der Waals surface area contributed by atoms with E-state index in [1.807, 2.05) is 25.7 Å². The van der Waals surface area contributed by atoms with Gasteiger partial charge in [0.05, 0.1) is 17.2 Å². The van der Waals surface area contributed by atoms with Gasteiger partial charge in [0.15, 0.2) is 0 Å². The minimum atomic E-state index is -0.460. The number of nitrogens with zero attached hydrogens (tertiary/aromatic N) is 1. The molecule has 2 atom stereocenters. The summed E-state index contributed by atoms with van der Waals surface area (Å²) < 4.78 is 18.0. The molecular formula is C20H34BNO4. The molecule has 0 saturated carbocycles. The van der Waals surface area contributed by atoms with Crippen LogP contribution in [0.1, 0.15) is 74.1 Å². The highest BCUT2D eigenvalue weighted by Gasteiger charge is 2.51. The first-order valence-corrected chi connectivity index (χ1v) is 9.94. The van der Waals surface area contributed by atoms with E-state index in [1.165, 1.54) is 5.57 Å². The lowest BCUT2D eigenvalue weighted by molar-refractivity contribution is -0.00138. The Labute approximate surface area is 158 Å². The molecule has 3 heterocycles. The molecule has 5 nitrogen and oxygen atoms in total. The summed E-state index contributed by atoms with van der Waals surface area (Å²) in [7, 11) is -0.208. The maximum Gasteiger partial charge on any atom is 0.462 e. The second kappa shape index (κ2) is 6.56. The van der Waals surface area contributed by atoms with Gasteiger partial charge in [0, 0.05) is 12.4 Å². The zero-order chi connectivity index (χ0) is 19.3. The molecule has 1 amide bonds. The van der Waals surface area contributed by atoms with Crippen LogP contribution in [-0.2, 0) is 14.0 Å². The van der Waals surface area contributed by atoms with Crippen LogP contribution in [0.4, 0.5) is 4.79 Å². The van der Waals surface area contributed by atoms with Gasteiger partial charge < -0.3 is 14.0 Å². The molecule has 0 N–H and O–H groups in total. The Morgan fingerprint density at radius 1 is 1.23 bits per heavy atom. The highest BCUT2D eigenvalue weighted by molar-refractivity contribution is 6.46. The smallest absolute Gasteiger partial charge is 0.444 e. The fraction of sp³-hybridized carbons (Fsp3) is 0.850. The van der Waals surface area contributed by atoms with E-state index in [2.05, 4.69) is 33.8 Å². The van der Waals surface area contributed by atoms with Crippen molar-refractivity contribution in [2.45, 2.75) is 109 Å². The van der Waals surface area contributed by atoms with Crippen molar-refractivity contribution < 1.29 is 18.8 Å². The zero-order valence-corrected chi connectivity index (χ0v) is 17.4. The maximum atomic E-state index is 12.7. The van der Waals surface area contributed by atoms with Crippen LogP contribution in [-0.4, -0.2) is 47.0 Å². The van der Waals surface area contributed by atoms with E-state index < -0.39 is 5.60 Å². The first kappa shape index (κ1) is 19.7. The van der Waals surface area contributed by atoms with E-state index in [9.17, 15) is 4.79 Å². The summed E-state index contributed by atoms with van der Waals surface area (Å²) in [6, 6.07) is 0.362. The molecule has 146 valence electrons. The average molecular weight is 363 g/mol. The zero-order valence-electron chi connectivity index (χ0n) is 17.4. The molecule has 0 aromatic heterocycles. The number of fused-ring (bicyclic) bond motifs is 2. The molecule has 0 spiro atoms. The third kappa shape index (κ3) is 3.96. The topological polar surface area (TPSA) is 48.0 Å². The number of carbonyl (C=O) groups is 1. The van der Waals surface area contributed by atoms with Gasteiger partial charge in [0.1, 0.15) is 5.60 Å². The van der Waals surface area contributed by atoms with Gasteiger partial charge in [-0.05, 0) is 74.1 Å². The summed E-state index contributed by atoms with van der Waals surface area (Å²) >= 11 is 0. The predicted molar refractivity (Wildman–Crippen MR) is 103 cm³/mol. The molecule has 2 unspecified atom stereocenters. The Bertz CT molecular complexity index is 577. The van der Waals surface area contributed by atoms with Crippen LogP contribution in [0.25, 0.3) is 0 Å². The van der Waals surface area contributed by atoms with Gasteiger partial charge in [-0.1, -0.05) is 11.6 Å². The molecule has 0 aliphatic carbocycles. The first-order chi connectivity index (χ1) is 11.9. The SMILES string of the molecule is CC(C)(C)OC(=O)N1C2C=C(CB3OC(C)(C)C(C)(C)O3)CC1CCC2. The van der Waals surface area contributed by atoms with Crippen molar-refractivity contribution in [1.82, 2.24) is 4.90 Å². The highest BCUT2D eigenvalue weighted by Crippen LogP contribution is 2.41. The number of hydrogen-bond donors (Lipinski definition) is 0. The predicted octanol–water partition coefficient (Wildman–Crippen LogP) is 4.57. The second-order valence-corrected chi connectivity index (χ2v) is 9.96. The molecule has 2 bridgehead atoms. The number of rotatable bonds is 2. The van der Waals surface area contributed by atoms with E-state index in [4.69, 9.17) is 14.0 Å². The summed E-state index contributed by atoms with van der Waals surface area (Å²) in [6.45, 7) is 14.1. The molecule has 3 aliphatic heterocycles. The second-order valence-electron chi connectivity index (χ2n) is 9.96. The van der Waals surface area contributed by atoms with Gasteiger partial charge in [0.2, 0.25) is 0 Å². The van der Waals surface area contributed by atoms with Crippen molar-refractivity contribution in [3.63, 3.8) is 0 Å². The number of ether oxygens (including phenoxy) is 1. The van der Waals surface area contributed by atoms with Gasteiger partial charge in [-0.15, -0.1) is 0 Å². The molecule has 26 heavy (non-hydrogen) atoms. The Morgan fingerprint density at radius 2 is 1.85 bits per heavy atom. The molecule has 6 heteroatoms. The minimum absolute atomic E-state index is 0.134. The van der Waals surface area contributed by atoms with Gasteiger partial charge in [-0.25, -0.2) is 4.79 Å². The van der Waals surface area contributed by atoms with Crippen LogP contribution in [0.5, 0.6) is 0 Å². The number of carbonyl (C=O) groups excluding carboxylic acids is 1. The number of amides is 1. The van der Waals surface area contributed by atoms with Crippen molar-refractivity contribution in [1.29, 1.82) is 0 Å². The quantitative estimate of drug-likeness (QED) is 0.533. The van der Waals surface area contributed by atoms with E-state index >= 15 is 0 Å². The fourth-order valence-corrected chi connectivity index (χ4v) is 4.13. The third-order valence-electron chi connectivity index (χ3n) is 6.05. The maximum absolute atomic E-state index is 12.7. The lowest BCUT2D eigenvalue weighted by Gasteiger charge is -2.45. The van der Waals surface area contributed by atoms with Crippen LogP contribution >= 0.6 is 0 Å². The number of piperidine rings is 1. The molecule has 2 saturated heterocycles. The lowest BCUT2D eigenvalue weighted by atomic mass is 9.74. The van der Waals surface area contributed by atoms with Crippen LogP contribution < -0.4 is 0 Å². The molecular weight excluding hydrogens is 329 g/mol. The van der Waals surface area contributed by atoms with E-state index in [0.717, 1.165) is 32.0 Å². The third-order valence-corrected chi connectivity index (χ3v) is 6.05. The van der Waals surface area contributed by atoms with E-state index in [-0.39, 0.29) is 36.5 Å². The van der Waals surface area contributed by atoms with Crippen LogP contribution in [0.3, 0.4) is 0 Å². The average Bonchev–Trinajstić information content (AvgIpc) is 2.62. The standard InChI is InChI=1S/C20H34BNO4/c1-18(2,3)24-17(23)22-15-9-8-10-16(22)12-14(11-15)13-21-25-19(4,5)20(6,7)26-21/h11,15-16H,8-10,12-13H2,1-7H3. The number of hydrogen-bond acceptors (Lipinski definition) is 4. The summed E-state index contributed by atoms with van der Waals surface area (Å²) in [5.41, 5.74) is 0.285. The Morgan fingerprint density at radius 3 is 2.38 bits per heavy atom. The molecule has 0 aromatic carbocycles. The summed E-state index contributed by atoms with van der Waals surface area (Å²) in [5, 5.41) is 0. The summed E-state index contributed by atoms with van der Waals surface area (Å²) in [5.74, 6) is 0. The van der Waals surface area contributed by atoms with Gasteiger partial charge >= 0.3 is 13.2 Å². The van der Waals surface area contributed by atoms with Gasteiger partial charge in [-0.3, -0.25) is 4.90 Å². The normalized spacial score (nSPS) is 30.2. The van der Waals surface area contributed by atoms with E-state index in [0.29, 0.717) is 0 Å². The van der Waals surface area contributed by atoms with Crippen LogP contribution in [0, 0.1) is 0 Å². The highest BCUT2D eigenvalue weighted by atomic mass is 16.7. The first-order valence-electron chi connectivity index (χ1n) is 9.94. The molecule has 0 aromatic rings. The Hall–Kier alpha value is -1.01. The van der Waals surface area contributed by atoms with Gasteiger partial charge in [-0.2, -0.15) is 0 Å². The lowest BCUT2D eigenvalue weighted by Crippen LogP contribution is -2.53. The van der Waals surface area contributed by atoms with Crippen molar-refractivity contribution in [3.8, 4) is 0 Å². The molecule has 2 fully saturated rings. The van der Waals surface area contributed by atoms with Crippen molar-refractivity contribution in [2.24, 2.45) is 0 Å². The Balaban J connectivity index is 1.70. The monoisotopic (exact) mass is 363 g/mol. The van der Waals surface area contributed by atoms with Crippen LogP contribution in [0.15, 0.2) is 11.6 Å². The van der Waals surface area contributed by atoms with Gasteiger partial charge in [0.25, 0.3) is 0 Å². The molecule has 3 rings (SSSR count). The molecule has 3 aliphatic rings. The van der Waals surface area contributed by atoms with Crippen molar-refractivity contribution >= 4 is 13.2 Å². The largest absolute Gasteiger partial charge is 0.462 e. The van der Waals surface area contributed by atoms with Crippen molar-refractivity contribution in [2.75, 3.05) is 0 Å². The minimum Gasteiger partial charge on any atom is -0.444 e. The van der Waals surface area contributed by atoms with Crippen molar-refractivity contribution in [3.05, 3.63) is 11.6 Å². The summed E-state index contributed by atoms with van der Waals surface area (Å²) in [6.07, 6.45) is 6.94. The molecule has 0 radical (unpaired) electrons. The summed E-state index contributed by atoms with van der Waals surface area (Å²) in [4.78, 5) is 14.6. The fourth-order valence-electron chi connectivity index (χ4n) is 4.13. The Kier molecular flexibility index (Phi) is 4.98. The van der Waals surface area contributed by atoms with E-state index in [1.54, 1.807) is 0 Å². The van der Waals surface area contributed by atoms with Crippen LogP contribution in [0.2, 0.25) is 6.32 Å².